The lowest BCUT2D eigenvalue weighted by molar-refractivity contribution is -0.117. The fourth-order valence-electron chi connectivity index (χ4n) is 2.52. The van der Waals surface area contributed by atoms with E-state index in [2.05, 4.69) is 10.0 Å². The minimum absolute atomic E-state index is 0.0124. The summed E-state index contributed by atoms with van der Waals surface area (Å²) >= 11 is 0. The molecule has 0 radical (unpaired) electrons. The Bertz CT molecular complexity index is 945. The Labute approximate surface area is 158 Å². The molecule has 0 aliphatic heterocycles. The highest BCUT2D eigenvalue weighted by atomic mass is 32.2. The van der Waals surface area contributed by atoms with Crippen LogP contribution in [0, 0.1) is 19.7 Å². The van der Waals surface area contributed by atoms with Gasteiger partial charge in [-0.3, -0.25) is 4.79 Å². The van der Waals surface area contributed by atoms with Crippen molar-refractivity contribution in [3.63, 3.8) is 0 Å². The van der Waals surface area contributed by atoms with Crippen molar-refractivity contribution in [2.75, 3.05) is 11.9 Å². The first-order valence-corrected chi connectivity index (χ1v) is 9.95. The van der Waals surface area contributed by atoms with Gasteiger partial charge in [0.25, 0.3) is 0 Å². The van der Waals surface area contributed by atoms with Gasteiger partial charge in [-0.25, -0.2) is 12.8 Å². The molecule has 0 fully saturated rings. The fourth-order valence-corrected chi connectivity index (χ4v) is 4.03. The first-order chi connectivity index (χ1) is 12.7. The van der Waals surface area contributed by atoms with Crippen LogP contribution in [0.2, 0.25) is 0 Å². The second-order valence-corrected chi connectivity index (χ2v) is 7.81. The van der Waals surface area contributed by atoms with Gasteiger partial charge in [0.15, 0.2) is 0 Å². The third kappa shape index (κ3) is 5.05. The second kappa shape index (κ2) is 8.49. The normalized spacial score (nSPS) is 12.5. The SMILES string of the molecule is CCOc1cc(C)c(S(=O)(=O)NC(C)C(=O)Nc2ccccc2F)cc1C. The molecule has 0 saturated heterocycles. The summed E-state index contributed by atoms with van der Waals surface area (Å²) in [6.07, 6.45) is 0. The molecule has 2 aromatic rings. The van der Waals surface area contributed by atoms with E-state index in [1.165, 1.54) is 31.2 Å². The molecule has 0 aliphatic carbocycles. The molecule has 2 rings (SSSR count). The number of hydrogen-bond donors (Lipinski definition) is 2. The number of aryl methyl sites for hydroxylation is 2. The van der Waals surface area contributed by atoms with Crippen molar-refractivity contribution < 1.29 is 22.3 Å². The number of anilines is 1. The summed E-state index contributed by atoms with van der Waals surface area (Å²) in [6.45, 7) is 7.11. The summed E-state index contributed by atoms with van der Waals surface area (Å²) in [4.78, 5) is 12.3. The molecule has 146 valence electrons. The van der Waals surface area contributed by atoms with Crippen molar-refractivity contribution in [3.05, 3.63) is 53.3 Å². The number of carbonyl (C=O) groups is 1. The van der Waals surface area contributed by atoms with E-state index < -0.39 is 27.8 Å². The Morgan fingerprint density at radius 3 is 2.48 bits per heavy atom. The molecule has 1 unspecified atom stereocenters. The third-order valence-electron chi connectivity index (χ3n) is 3.92. The van der Waals surface area contributed by atoms with Crippen molar-refractivity contribution in [1.82, 2.24) is 4.72 Å². The number of ether oxygens (including phenoxy) is 1. The summed E-state index contributed by atoms with van der Waals surface area (Å²) in [5, 5.41) is 2.37. The lowest BCUT2D eigenvalue weighted by Crippen LogP contribution is -2.41. The Morgan fingerprint density at radius 2 is 1.85 bits per heavy atom. The number of rotatable bonds is 7. The fraction of sp³-hybridized carbons (Fsp3) is 0.316. The van der Waals surface area contributed by atoms with Gasteiger partial charge in [0.05, 0.1) is 23.2 Å². The van der Waals surface area contributed by atoms with Gasteiger partial charge in [-0.05, 0) is 63.1 Å². The van der Waals surface area contributed by atoms with E-state index in [0.29, 0.717) is 23.5 Å². The van der Waals surface area contributed by atoms with E-state index in [9.17, 15) is 17.6 Å². The number of benzene rings is 2. The van der Waals surface area contributed by atoms with E-state index in [1.807, 2.05) is 6.92 Å². The Hall–Kier alpha value is -2.45. The summed E-state index contributed by atoms with van der Waals surface area (Å²) in [5.74, 6) is -0.651. The van der Waals surface area contributed by atoms with Crippen LogP contribution in [0.1, 0.15) is 25.0 Å². The lowest BCUT2D eigenvalue weighted by Gasteiger charge is -2.17. The summed E-state index contributed by atoms with van der Waals surface area (Å²) in [6, 6.07) is 7.72. The molecule has 0 aliphatic rings. The minimum atomic E-state index is -3.95. The first kappa shape index (κ1) is 20.9. The summed E-state index contributed by atoms with van der Waals surface area (Å²) in [5.41, 5.74) is 1.16. The van der Waals surface area contributed by atoms with Crippen LogP contribution in [0.5, 0.6) is 5.75 Å². The molecular formula is C19H23FN2O4S. The highest BCUT2D eigenvalue weighted by Crippen LogP contribution is 2.26. The molecule has 27 heavy (non-hydrogen) atoms. The average Bonchev–Trinajstić information content (AvgIpc) is 2.59. The zero-order valence-electron chi connectivity index (χ0n) is 15.7. The van der Waals surface area contributed by atoms with Crippen LogP contribution >= 0.6 is 0 Å². The monoisotopic (exact) mass is 394 g/mol. The number of sulfonamides is 1. The van der Waals surface area contributed by atoms with Gasteiger partial charge in [-0.15, -0.1) is 0 Å². The molecule has 8 heteroatoms. The van der Waals surface area contributed by atoms with Gasteiger partial charge in [0.1, 0.15) is 11.6 Å². The van der Waals surface area contributed by atoms with Gasteiger partial charge < -0.3 is 10.1 Å². The van der Waals surface area contributed by atoms with Gasteiger partial charge in [0.2, 0.25) is 15.9 Å². The van der Waals surface area contributed by atoms with Crippen LogP contribution in [0.15, 0.2) is 41.3 Å². The van der Waals surface area contributed by atoms with Crippen molar-refractivity contribution in [1.29, 1.82) is 0 Å². The number of para-hydroxylation sites is 1. The van der Waals surface area contributed by atoms with E-state index in [4.69, 9.17) is 4.74 Å². The molecule has 6 nitrogen and oxygen atoms in total. The van der Waals surface area contributed by atoms with Crippen molar-refractivity contribution in [2.45, 2.75) is 38.6 Å². The quantitative estimate of drug-likeness (QED) is 0.756. The average molecular weight is 394 g/mol. The highest BCUT2D eigenvalue weighted by molar-refractivity contribution is 7.89. The van der Waals surface area contributed by atoms with Crippen LogP contribution < -0.4 is 14.8 Å². The molecule has 1 amide bonds. The maximum atomic E-state index is 13.6. The third-order valence-corrected chi connectivity index (χ3v) is 5.60. The van der Waals surface area contributed by atoms with Crippen LogP contribution in [0.25, 0.3) is 0 Å². The highest BCUT2D eigenvalue weighted by Gasteiger charge is 2.25. The topological polar surface area (TPSA) is 84.5 Å². The standard InChI is InChI=1S/C19H23FN2O4S/c1-5-26-17-10-13(3)18(11-12(17)2)27(24,25)22-14(4)19(23)21-16-9-7-6-8-15(16)20/h6-11,14,22H,5H2,1-4H3,(H,21,23). The Morgan fingerprint density at radius 1 is 1.19 bits per heavy atom. The second-order valence-electron chi connectivity index (χ2n) is 6.13. The van der Waals surface area contributed by atoms with Crippen LogP contribution in [0.4, 0.5) is 10.1 Å². The zero-order valence-corrected chi connectivity index (χ0v) is 16.5. The van der Waals surface area contributed by atoms with E-state index in [1.54, 1.807) is 26.0 Å². The number of halogens is 1. The van der Waals surface area contributed by atoms with Crippen LogP contribution in [-0.2, 0) is 14.8 Å². The molecule has 2 aromatic carbocycles. The molecule has 0 aromatic heterocycles. The predicted octanol–water partition coefficient (Wildman–Crippen LogP) is 3.15. The molecular weight excluding hydrogens is 371 g/mol. The summed E-state index contributed by atoms with van der Waals surface area (Å²) < 4.78 is 46.8. The van der Waals surface area contributed by atoms with Crippen molar-refractivity contribution in [2.24, 2.45) is 0 Å². The van der Waals surface area contributed by atoms with E-state index in [-0.39, 0.29) is 10.6 Å². The predicted molar refractivity (Wildman–Crippen MR) is 102 cm³/mol. The largest absolute Gasteiger partial charge is 0.494 e. The lowest BCUT2D eigenvalue weighted by atomic mass is 10.1. The van der Waals surface area contributed by atoms with Crippen molar-refractivity contribution in [3.8, 4) is 5.75 Å². The minimum Gasteiger partial charge on any atom is -0.494 e. The maximum Gasteiger partial charge on any atom is 0.242 e. The maximum absolute atomic E-state index is 13.6. The summed E-state index contributed by atoms with van der Waals surface area (Å²) in [7, 11) is -3.95. The number of carbonyl (C=O) groups excluding carboxylic acids is 1. The first-order valence-electron chi connectivity index (χ1n) is 8.47. The van der Waals surface area contributed by atoms with Crippen LogP contribution in [-0.4, -0.2) is 27.0 Å². The van der Waals surface area contributed by atoms with E-state index >= 15 is 0 Å². The van der Waals surface area contributed by atoms with Gasteiger partial charge >= 0.3 is 0 Å². The number of nitrogens with one attached hydrogen (secondary N) is 2. The number of amides is 1. The van der Waals surface area contributed by atoms with Gasteiger partial charge in [0, 0.05) is 0 Å². The van der Waals surface area contributed by atoms with Gasteiger partial charge in [-0.2, -0.15) is 4.72 Å². The zero-order chi connectivity index (χ0) is 20.2. The van der Waals surface area contributed by atoms with Crippen molar-refractivity contribution >= 4 is 21.6 Å². The molecule has 0 spiro atoms. The molecule has 0 bridgehead atoms. The number of hydrogen-bond acceptors (Lipinski definition) is 4. The van der Waals surface area contributed by atoms with Gasteiger partial charge in [-0.1, -0.05) is 12.1 Å². The molecule has 0 heterocycles. The van der Waals surface area contributed by atoms with Crippen LogP contribution in [0.3, 0.4) is 0 Å². The Balaban J connectivity index is 2.19. The molecule has 0 saturated carbocycles. The molecule has 1 atom stereocenters. The molecule has 2 N–H and O–H groups in total. The Kier molecular flexibility index (Phi) is 6.56. The smallest absolute Gasteiger partial charge is 0.242 e. The van der Waals surface area contributed by atoms with E-state index in [0.717, 1.165) is 0 Å².